The van der Waals surface area contributed by atoms with Gasteiger partial charge in [-0.3, -0.25) is 0 Å². The fourth-order valence-corrected chi connectivity index (χ4v) is 1.63. The number of quaternary nitrogens is 1. The van der Waals surface area contributed by atoms with Gasteiger partial charge in [-0.2, -0.15) is 8.42 Å². The summed E-state index contributed by atoms with van der Waals surface area (Å²) < 4.78 is 33.7. The second kappa shape index (κ2) is 9.77. The lowest BCUT2D eigenvalue weighted by Crippen LogP contribution is -2.41. The summed E-state index contributed by atoms with van der Waals surface area (Å²) in [7, 11) is -2.34. The van der Waals surface area contributed by atoms with Crippen molar-refractivity contribution in [1.29, 1.82) is 0 Å². The molecule has 0 unspecified atom stereocenters. The van der Waals surface area contributed by atoms with E-state index in [1.54, 1.807) is 12.1 Å². The molecule has 0 saturated carbocycles. The van der Waals surface area contributed by atoms with Crippen molar-refractivity contribution in [3.05, 3.63) is 60.2 Å². The minimum absolute atomic E-state index is 0. The molecule has 0 aliphatic heterocycles. The first-order chi connectivity index (χ1) is 8.79. The largest absolute Gasteiger partial charge is 0.693 e. The van der Waals surface area contributed by atoms with Crippen LogP contribution in [0.25, 0.3) is 0 Å². The number of aryl methyl sites for hydroxylation is 3. The van der Waals surface area contributed by atoms with Gasteiger partial charge in [0.2, 0.25) is 0 Å². The van der Waals surface area contributed by atoms with Gasteiger partial charge in [-0.05, 0) is 25.0 Å². The van der Waals surface area contributed by atoms with Gasteiger partial charge in [-0.25, -0.2) is 4.57 Å². The van der Waals surface area contributed by atoms with Gasteiger partial charge < -0.3 is 10.7 Å². The highest BCUT2D eigenvalue weighted by molar-refractivity contribution is 14.0. The molecule has 2 aromatic heterocycles. The molecular weight excluding hydrogens is 405 g/mol. The van der Waals surface area contributed by atoms with Gasteiger partial charge >= 0.3 is 10.3 Å². The van der Waals surface area contributed by atoms with Crippen molar-refractivity contribution >= 4 is 34.3 Å². The molecule has 0 aliphatic carbocycles. The summed E-state index contributed by atoms with van der Waals surface area (Å²) in [6.45, 7) is 3.89. The Labute approximate surface area is 142 Å². The Morgan fingerprint density at radius 2 is 1.24 bits per heavy atom. The SMILES string of the molecule is Cc1cc[n+](C)cc1.Cc1cc[n+](S(=O)(=O)[O-])cc1.I.[NH4+]. The second-order valence-electron chi connectivity index (χ2n) is 4.20. The number of halogens is 1. The third-order valence-electron chi connectivity index (χ3n) is 2.37. The number of hydrogen-bond donors (Lipinski definition) is 1. The van der Waals surface area contributed by atoms with Gasteiger partial charge in [-0.1, -0.05) is 0 Å². The molecule has 0 aliphatic rings. The Morgan fingerprint density at radius 1 is 0.905 bits per heavy atom. The molecule has 2 aromatic rings. The van der Waals surface area contributed by atoms with Crippen molar-refractivity contribution < 1.29 is 21.5 Å². The monoisotopic (exact) mass is 427 g/mol. The first-order valence-corrected chi connectivity index (χ1v) is 7.02. The molecule has 0 saturated heterocycles. The molecule has 0 spiro atoms. The summed E-state index contributed by atoms with van der Waals surface area (Å²) in [6.07, 6.45) is 6.51. The van der Waals surface area contributed by atoms with Gasteiger partial charge in [0.25, 0.3) is 0 Å². The van der Waals surface area contributed by atoms with Gasteiger partial charge in [0.1, 0.15) is 7.05 Å². The van der Waals surface area contributed by atoms with Crippen molar-refractivity contribution in [3.63, 3.8) is 0 Å². The summed E-state index contributed by atoms with van der Waals surface area (Å²) >= 11 is 0. The fourth-order valence-electron chi connectivity index (χ4n) is 1.21. The Bertz CT molecular complexity index is 608. The molecule has 2 rings (SSSR count). The van der Waals surface area contributed by atoms with Crippen molar-refractivity contribution in [2.45, 2.75) is 13.8 Å². The zero-order chi connectivity index (χ0) is 14.5. The lowest BCUT2D eigenvalue weighted by atomic mass is 10.3. The molecule has 118 valence electrons. The Morgan fingerprint density at radius 3 is 1.52 bits per heavy atom. The van der Waals surface area contributed by atoms with Gasteiger partial charge in [-0.15, -0.1) is 27.9 Å². The molecule has 0 radical (unpaired) electrons. The maximum atomic E-state index is 10.4. The van der Waals surface area contributed by atoms with E-state index in [9.17, 15) is 13.0 Å². The predicted octanol–water partition coefficient (Wildman–Crippen LogP) is 1.40. The van der Waals surface area contributed by atoms with Gasteiger partial charge in [0, 0.05) is 24.3 Å². The molecule has 8 heteroatoms. The van der Waals surface area contributed by atoms with Crippen LogP contribution in [0.15, 0.2) is 49.1 Å². The van der Waals surface area contributed by atoms with Crippen LogP contribution < -0.4 is 14.7 Å². The lowest BCUT2D eigenvalue weighted by Gasteiger charge is -1.98. The van der Waals surface area contributed by atoms with E-state index in [-0.39, 0.29) is 30.1 Å². The number of rotatable bonds is 1. The standard InChI is InChI=1S/C7H10N.C6H7NO3S.HI.H3N/c1-7-3-5-8(2)6-4-7;1-6-2-4-7(5-3-6)11(8,9)10;;/h3-6H,1-2H3;2-5H,1H3;1H;1H3/q+1;;;/p+1. The molecule has 4 N–H and O–H groups in total. The molecule has 0 fully saturated rings. The van der Waals surface area contributed by atoms with Gasteiger partial charge in [0.15, 0.2) is 24.8 Å². The van der Waals surface area contributed by atoms with Crippen molar-refractivity contribution in [3.8, 4) is 0 Å². The molecular formula is C13H22IN3O3S+2. The van der Waals surface area contributed by atoms with Crippen LogP contribution >= 0.6 is 24.0 Å². The van der Waals surface area contributed by atoms with Crippen LogP contribution in [0.5, 0.6) is 0 Å². The molecule has 0 aromatic carbocycles. The fraction of sp³-hybridized carbons (Fsp3) is 0.231. The zero-order valence-corrected chi connectivity index (χ0v) is 15.7. The molecule has 0 bridgehead atoms. The highest BCUT2D eigenvalue weighted by Gasteiger charge is 2.05. The van der Waals surface area contributed by atoms with Crippen LogP contribution in [0.4, 0.5) is 0 Å². The maximum absolute atomic E-state index is 10.4. The van der Waals surface area contributed by atoms with Crippen molar-refractivity contribution in [2.24, 2.45) is 7.05 Å². The van der Waals surface area contributed by atoms with Crippen LogP contribution in [0.1, 0.15) is 11.1 Å². The topological polar surface area (TPSA) is 101 Å². The average Bonchev–Trinajstić information content (AvgIpc) is 2.33. The van der Waals surface area contributed by atoms with Crippen molar-refractivity contribution in [1.82, 2.24) is 6.15 Å². The summed E-state index contributed by atoms with van der Waals surface area (Å²) in [5.41, 5.74) is 2.22. The number of hydrogen-bond acceptors (Lipinski definition) is 3. The van der Waals surface area contributed by atoms with E-state index in [2.05, 4.69) is 19.1 Å². The van der Waals surface area contributed by atoms with Crippen LogP contribution in [-0.2, 0) is 17.4 Å². The van der Waals surface area contributed by atoms with Crippen LogP contribution in [0.3, 0.4) is 0 Å². The smallest absolute Gasteiger partial charge is 0.329 e. The molecule has 6 nitrogen and oxygen atoms in total. The minimum atomic E-state index is -4.35. The van der Waals surface area contributed by atoms with E-state index in [4.69, 9.17) is 0 Å². The minimum Gasteiger partial charge on any atom is -0.693 e. The Hall–Kier alpha value is -1.10. The van der Waals surface area contributed by atoms with E-state index >= 15 is 0 Å². The van der Waals surface area contributed by atoms with E-state index in [1.807, 2.05) is 30.9 Å². The zero-order valence-electron chi connectivity index (χ0n) is 12.6. The van der Waals surface area contributed by atoms with E-state index < -0.39 is 10.3 Å². The van der Waals surface area contributed by atoms with Crippen LogP contribution in [0.2, 0.25) is 0 Å². The normalized spacial score (nSPS) is 9.52. The summed E-state index contributed by atoms with van der Waals surface area (Å²) in [5, 5.41) is 0. The first-order valence-electron chi connectivity index (χ1n) is 5.65. The predicted molar refractivity (Wildman–Crippen MR) is 90.2 cm³/mol. The van der Waals surface area contributed by atoms with Crippen LogP contribution in [0, 0.1) is 13.8 Å². The quantitative estimate of drug-likeness (QED) is 0.423. The second-order valence-corrected chi connectivity index (χ2v) is 5.48. The first kappa shape index (κ1) is 22.2. The highest BCUT2D eigenvalue weighted by Crippen LogP contribution is 1.90. The molecule has 21 heavy (non-hydrogen) atoms. The third-order valence-corrected chi connectivity index (χ3v) is 3.13. The average molecular weight is 427 g/mol. The molecule has 0 amide bonds. The number of aromatic nitrogens is 2. The molecule has 0 atom stereocenters. The Kier molecular flexibility index (Phi) is 10.3. The van der Waals surface area contributed by atoms with Crippen molar-refractivity contribution in [2.75, 3.05) is 0 Å². The summed E-state index contributed by atoms with van der Waals surface area (Å²) in [5.74, 6) is 0. The lowest BCUT2D eigenvalue weighted by molar-refractivity contribution is -0.671. The maximum Gasteiger partial charge on any atom is 0.329 e. The van der Waals surface area contributed by atoms with Gasteiger partial charge in [0.05, 0.1) is 0 Å². The summed E-state index contributed by atoms with van der Waals surface area (Å²) in [4.78, 5) is 0. The van der Waals surface area contributed by atoms with E-state index in [0.29, 0.717) is 3.97 Å². The van der Waals surface area contributed by atoms with E-state index in [0.717, 1.165) is 5.56 Å². The highest BCUT2D eigenvalue weighted by atomic mass is 127. The van der Waals surface area contributed by atoms with E-state index in [1.165, 1.54) is 18.0 Å². The molecule has 2 heterocycles. The third kappa shape index (κ3) is 8.71. The number of pyridine rings is 2. The summed E-state index contributed by atoms with van der Waals surface area (Å²) in [6, 6.07) is 7.27. The Balaban J connectivity index is 0. The number of nitrogens with zero attached hydrogens (tertiary/aromatic N) is 2. The van der Waals surface area contributed by atoms with Crippen LogP contribution in [-0.4, -0.2) is 13.0 Å².